The van der Waals surface area contributed by atoms with Crippen LogP contribution in [0.15, 0.2) is 48.0 Å². The molecule has 0 aliphatic carbocycles. The second-order valence-electron chi connectivity index (χ2n) is 6.00. The Morgan fingerprint density at radius 2 is 2.07 bits per heavy atom. The van der Waals surface area contributed by atoms with E-state index in [0.29, 0.717) is 22.8 Å². The SMILES string of the molecule is CCS(=O)(=O)Nc1ccc(NC(=O)Cc2csc(-c3ccccn3)n2)cc1OC. The number of sulfonamides is 1. The van der Waals surface area contributed by atoms with Gasteiger partial charge < -0.3 is 10.1 Å². The number of anilines is 2. The molecule has 0 aliphatic rings. The quantitative estimate of drug-likeness (QED) is 0.566. The second kappa shape index (κ2) is 9.01. The molecule has 10 heteroatoms. The Bertz CT molecular complexity index is 1100. The predicted octanol–water partition coefficient (Wildman–Crippen LogP) is 3.16. The average Bonchev–Trinajstić information content (AvgIpc) is 3.18. The second-order valence-corrected chi connectivity index (χ2v) is 8.87. The van der Waals surface area contributed by atoms with E-state index in [9.17, 15) is 13.2 Å². The predicted molar refractivity (Wildman–Crippen MR) is 114 cm³/mol. The molecule has 0 bridgehead atoms. The van der Waals surface area contributed by atoms with E-state index in [0.717, 1.165) is 10.7 Å². The number of aromatic nitrogens is 2. The van der Waals surface area contributed by atoms with Crippen LogP contribution in [-0.2, 0) is 21.2 Å². The van der Waals surface area contributed by atoms with Crippen molar-refractivity contribution in [1.29, 1.82) is 0 Å². The standard InChI is InChI=1S/C19H20N4O4S2/c1-3-29(25,26)23-15-8-7-13(10-17(15)27-2)21-18(24)11-14-12-28-19(22-14)16-6-4-5-9-20-16/h4-10,12,23H,3,11H2,1-2H3,(H,21,24). The first-order valence-corrected chi connectivity index (χ1v) is 11.3. The van der Waals surface area contributed by atoms with Crippen LogP contribution in [0.4, 0.5) is 11.4 Å². The monoisotopic (exact) mass is 432 g/mol. The van der Waals surface area contributed by atoms with E-state index in [1.54, 1.807) is 31.3 Å². The summed E-state index contributed by atoms with van der Waals surface area (Å²) in [5.74, 6) is 0.0145. The van der Waals surface area contributed by atoms with Gasteiger partial charge in [0, 0.05) is 23.3 Å². The first kappa shape index (κ1) is 20.7. The average molecular weight is 433 g/mol. The number of hydrogen-bond donors (Lipinski definition) is 2. The summed E-state index contributed by atoms with van der Waals surface area (Å²) in [6.07, 6.45) is 1.80. The van der Waals surface area contributed by atoms with Crippen LogP contribution in [0.25, 0.3) is 10.7 Å². The van der Waals surface area contributed by atoms with Gasteiger partial charge in [0.2, 0.25) is 15.9 Å². The molecule has 2 aromatic heterocycles. The highest BCUT2D eigenvalue weighted by molar-refractivity contribution is 7.92. The highest BCUT2D eigenvalue weighted by atomic mass is 32.2. The molecule has 0 fully saturated rings. The molecule has 0 saturated heterocycles. The number of benzene rings is 1. The zero-order chi connectivity index (χ0) is 20.9. The number of rotatable bonds is 8. The van der Waals surface area contributed by atoms with Gasteiger partial charge in [0.25, 0.3) is 0 Å². The number of carbonyl (C=O) groups is 1. The Morgan fingerprint density at radius 1 is 1.24 bits per heavy atom. The van der Waals surface area contributed by atoms with Gasteiger partial charge in [0.05, 0.1) is 36.4 Å². The molecule has 0 radical (unpaired) electrons. The molecule has 29 heavy (non-hydrogen) atoms. The summed E-state index contributed by atoms with van der Waals surface area (Å²) in [4.78, 5) is 21.1. The van der Waals surface area contributed by atoms with Crippen molar-refractivity contribution in [2.24, 2.45) is 0 Å². The third-order valence-corrected chi connectivity index (χ3v) is 6.11. The minimum absolute atomic E-state index is 0.0528. The lowest BCUT2D eigenvalue weighted by Gasteiger charge is -2.13. The van der Waals surface area contributed by atoms with Gasteiger partial charge in [-0.25, -0.2) is 13.4 Å². The van der Waals surface area contributed by atoms with E-state index in [1.165, 1.54) is 18.4 Å². The lowest BCUT2D eigenvalue weighted by atomic mass is 10.2. The fourth-order valence-corrected chi connectivity index (χ4v) is 3.90. The van der Waals surface area contributed by atoms with Crippen LogP contribution in [0.3, 0.4) is 0 Å². The molecule has 1 amide bonds. The Hall–Kier alpha value is -2.98. The Kier molecular flexibility index (Phi) is 6.45. The maximum atomic E-state index is 12.4. The number of thiazole rings is 1. The molecule has 0 saturated carbocycles. The minimum atomic E-state index is -3.43. The van der Waals surface area contributed by atoms with E-state index >= 15 is 0 Å². The number of ether oxygens (including phenoxy) is 1. The Morgan fingerprint density at radius 3 is 2.76 bits per heavy atom. The molecule has 0 aliphatic heterocycles. The van der Waals surface area contributed by atoms with Crippen LogP contribution in [0.1, 0.15) is 12.6 Å². The zero-order valence-electron chi connectivity index (χ0n) is 15.9. The van der Waals surface area contributed by atoms with Crippen LogP contribution < -0.4 is 14.8 Å². The number of carbonyl (C=O) groups excluding carboxylic acids is 1. The van der Waals surface area contributed by atoms with Crippen molar-refractivity contribution in [3.05, 3.63) is 53.7 Å². The van der Waals surface area contributed by atoms with Crippen LogP contribution in [0.2, 0.25) is 0 Å². The summed E-state index contributed by atoms with van der Waals surface area (Å²) >= 11 is 1.43. The van der Waals surface area contributed by atoms with Gasteiger partial charge in [-0.05, 0) is 31.2 Å². The number of amides is 1. The fraction of sp³-hybridized carbons (Fsp3) is 0.211. The molecular weight excluding hydrogens is 412 g/mol. The summed E-state index contributed by atoms with van der Waals surface area (Å²) in [6.45, 7) is 1.54. The molecule has 2 heterocycles. The van der Waals surface area contributed by atoms with Crippen molar-refractivity contribution in [2.75, 3.05) is 22.9 Å². The van der Waals surface area contributed by atoms with Crippen LogP contribution in [-0.4, -0.2) is 37.2 Å². The molecule has 8 nitrogen and oxygen atoms in total. The summed E-state index contributed by atoms with van der Waals surface area (Å²) in [7, 11) is -2.00. The number of nitrogens with zero attached hydrogens (tertiary/aromatic N) is 2. The highest BCUT2D eigenvalue weighted by Gasteiger charge is 2.14. The molecule has 2 N–H and O–H groups in total. The first-order chi connectivity index (χ1) is 13.9. The molecule has 0 atom stereocenters. The first-order valence-electron chi connectivity index (χ1n) is 8.74. The lowest BCUT2D eigenvalue weighted by molar-refractivity contribution is -0.115. The zero-order valence-corrected chi connectivity index (χ0v) is 17.5. The summed E-state index contributed by atoms with van der Waals surface area (Å²) in [6, 6.07) is 10.3. The number of pyridine rings is 1. The van der Waals surface area contributed by atoms with Gasteiger partial charge in [-0.3, -0.25) is 14.5 Å². The molecule has 0 unspecified atom stereocenters. The van der Waals surface area contributed by atoms with Gasteiger partial charge in [0.1, 0.15) is 10.8 Å². The minimum Gasteiger partial charge on any atom is -0.494 e. The van der Waals surface area contributed by atoms with Crippen molar-refractivity contribution in [2.45, 2.75) is 13.3 Å². The Labute approximate surface area is 173 Å². The molecule has 3 rings (SSSR count). The smallest absolute Gasteiger partial charge is 0.232 e. The number of methoxy groups -OCH3 is 1. The van der Waals surface area contributed by atoms with Gasteiger partial charge in [0.15, 0.2) is 0 Å². The molecule has 3 aromatic rings. The normalized spacial score (nSPS) is 11.1. The van der Waals surface area contributed by atoms with Gasteiger partial charge in [-0.1, -0.05) is 6.07 Å². The van der Waals surface area contributed by atoms with Crippen LogP contribution in [0, 0.1) is 0 Å². The van der Waals surface area contributed by atoms with Crippen molar-refractivity contribution < 1.29 is 17.9 Å². The number of nitrogens with one attached hydrogen (secondary N) is 2. The molecule has 0 spiro atoms. The lowest BCUT2D eigenvalue weighted by Crippen LogP contribution is -2.16. The maximum Gasteiger partial charge on any atom is 0.232 e. The molecule has 1 aromatic carbocycles. The van der Waals surface area contributed by atoms with Gasteiger partial charge >= 0.3 is 0 Å². The van der Waals surface area contributed by atoms with E-state index in [4.69, 9.17) is 4.74 Å². The summed E-state index contributed by atoms with van der Waals surface area (Å²) < 4.78 is 31.2. The Balaban J connectivity index is 1.67. The van der Waals surface area contributed by atoms with Gasteiger partial charge in [-0.2, -0.15) is 0 Å². The molecular formula is C19H20N4O4S2. The fourth-order valence-electron chi connectivity index (χ4n) is 2.46. The van der Waals surface area contributed by atoms with Crippen molar-refractivity contribution in [1.82, 2.24) is 9.97 Å². The van der Waals surface area contributed by atoms with E-state index < -0.39 is 10.0 Å². The molecule has 152 valence electrons. The van der Waals surface area contributed by atoms with E-state index in [-0.39, 0.29) is 18.1 Å². The van der Waals surface area contributed by atoms with Crippen LogP contribution in [0.5, 0.6) is 5.75 Å². The van der Waals surface area contributed by atoms with Crippen molar-refractivity contribution in [3.63, 3.8) is 0 Å². The van der Waals surface area contributed by atoms with Gasteiger partial charge in [-0.15, -0.1) is 11.3 Å². The van der Waals surface area contributed by atoms with E-state index in [2.05, 4.69) is 20.0 Å². The number of hydrogen-bond acceptors (Lipinski definition) is 7. The topological polar surface area (TPSA) is 110 Å². The van der Waals surface area contributed by atoms with E-state index in [1.807, 2.05) is 23.6 Å². The maximum absolute atomic E-state index is 12.4. The van der Waals surface area contributed by atoms with Crippen LogP contribution >= 0.6 is 11.3 Å². The van der Waals surface area contributed by atoms with Crippen molar-refractivity contribution in [3.8, 4) is 16.5 Å². The highest BCUT2D eigenvalue weighted by Crippen LogP contribution is 2.29. The third kappa shape index (κ3) is 5.52. The third-order valence-electron chi connectivity index (χ3n) is 3.91. The van der Waals surface area contributed by atoms with Crippen molar-refractivity contribution >= 4 is 38.6 Å². The largest absolute Gasteiger partial charge is 0.494 e. The summed E-state index contributed by atoms with van der Waals surface area (Å²) in [5.41, 5.74) is 2.21. The summed E-state index contributed by atoms with van der Waals surface area (Å²) in [5, 5.41) is 5.35.